The van der Waals surface area contributed by atoms with Crippen molar-refractivity contribution in [2.75, 3.05) is 6.54 Å². The van der Waals surface area contributed by atoms with Crippen LogP contribution >= 0.6 is 0 Å². The van der Waals surface area contributed by atoms with Crippen LogP contribution in [0, 0.1) is 5.82 Å². The van der Waals surface area contributed by atoms with E-state index in [2.05, 4.69) is 13.2 Å². The van der Waals surface area contributed by atoms with Gasteiger partial charge in [0.1, 0.15) is 5.82 Å². The molecule has 0 fully saturated rings. The summed E-state index contributed by atoms with van der Waals surface area (Å²) in [5.41, 5.74) is 2.92. The van der Waals surface area contributed by atoms with Crippen LogP contribution in [0.1, 0.15) is 31.9 Å². The molecule has 0 saturated heterocycles. The molecule has 1 aliphatic heterocycles. The Morgan fingerprint density at radius 3 is 2.29 bits per heavy atom. The van der Waals surface area contributed by atoms with E-state index in [9.17, 15) is 9.18 Å². The largest absolute Gasteiger partial charge is 0.334 e. The van der Waals surface area contributed by atoms with Gasteiger partial charge in [-0.2, -0.15) is 0 Å². The Balaban J connectivity index is 0.00000106. The lowest BCUT2D eigenvalue weighted by atomic mass is 9.88. The smallest absolute Gasteiger partial charge is 0.210 e. The third-order valence-corrected chi connectivity index (χ3v) is 3.42. The molecule has 2 nitrogen and oxygen atoms in total. The highest BCUT2D eigenvalue weighted by Crippen LogP contribution is 2.35. The van der Waals surface area contributed by atoms with Gasteiger partial charge in [-0.05, 0) is 35.3 Å². The van der Waals surface area contributed by atoms with E-state index in [1.807, 2.05) is 13.8 Å². The number of carbonyl (C=O) groups is 1. The fourth-order valence-corrected chi connectivity index (χ4v) is 2.47. The first-order valence-electron chi connectivity index (χ1n) is 7.15. The van der Waals surface area contributed by atoms with Crippen molar-refractivity contribution in [3.63, 3.8) is 0 Å². The topological polar surface area (TPSA) is 20.3 Å². The second-order valence-corrected chi connectivity index (χ2v) is 4.44. The van der Waals surface area contributed by atoms with Crippen LogP contribution in [-0.4, -0.2) is 17.9 Å². The molecule has 0 bridgehead atoms. The van der Waals surface area contributed by atoms with Crippen LogP contribution in [0.25, 0.3) is 0 Å². The van der Waals surface area contributed by atoms with Gasteiger partial charge in [-0.15, -0.1) is 0 Å². The van der Waals surface area contributed by atoms with E-state index in [0.717, 1.165) is 29.5 Å². The first-order valence-corrected chi connectivity index (χ1v) is 7.15. The number of rotatable bonds is 4. The summed E-state index contributed by atoms with van der Waals surface area (Å²) in [6.07, 6.45) is 5.15. The highest BCUT2D eigenvalue weighted by Gasteiger charge is 2.27. The fourth-order valence-electron chi connectivity index (χ4n) is 2.47. The number of benzene rings is 1. The fraction of sp³-hybridized carbons (Fsp3) is 0.278. The van der Waals surface area contributed by atoms with Crippen LogP contribution in [0.3, 0.4) is 0 Å². The summed E-state index contributed by atoms with van der Waals surface area (Å²) in [5.74, 6) is -0.287. The summed E-state index contributed by atoms with van der Waals surface area (Å²) >= 11 is 0. The lowest BCUT2D eigenvalue weighted by molar-refractivity contribution is -0.119. The van der Waals surface area contributed by atoms with E-state index in [0.29, 0.717) is 6.54 Å². The number of amides is 1. The molecule has 0 aliphatic carbocycles. The van der Waals surface area contributed by atoms with E-state index in [1.54, 1.807) is 29.2 Å². The van der Waals surface area contributed by atoms with Crippen molar-refractivity contribution in [3.8, 4) is 0 Å². The number of nitrogens with zero attached hydrogens (tertiary/aromatic N) is 1. The average molecular weight is 287 g/mol. The van der Waals surface area contributed by atoms with Gasteiger partial charge in [-0.3, -0.25) is 4.79 Å². The molecule has 1 aliphatic rings. The van der Waals surface area contributed by atoms with Gasteiger partial charge in [-0.25, -0.2) is 4.39 Å². The van der Waals surface area contributed by atoms with Crippen LogP contribution in [0.2, 0.25) is 0 Å². The van der Waals surface area contributed by atoms with Crippen LogP contribution < -0.4 is 0 Å². The van der Waals surface area contributed by atoms with Gasteiger partial charge in [0, 0.05) is 6.54 Å². The van der Waals surface area contributed by atoms with Gasteiger partial charge in [0.15, 0.2) is 0 Å². The third kappa shape index (κ3) is 3.69. The van der Waals surface area contributed by atoms with Crippen molar-refractivity contribution in [1.82, 2.24) is 4.90 Å². The quantitative estimate of drug-likeness (QED) is 0.750. The molecule has 0 spiro atoms. The van der Waals surface area contributed by atoms with Gasteiger partial charge >= 0.3 is 0 Å². The van der Waals surface area contributed by atoms with Crippen LogP contribution in [-0.2, 0) is 4.79 Å². The van der Waals surface area contributed by atoms with E-state index >= 15 is 0 Å². The van der Waals surface area contributed by atoms with Gasteiger partial charge < -0.3 is 4.90 Å². The summed E-state index contributed by atoms with van der Waals surface area (Å²) in [7, 11) is 0. The first-order chi connectivity index (χ1) is 10.2. The zero-order valence-corrected chi connectivity index (χ0v) is 12.7. The zero-order valence-electron chi connectivity index (χ0n) is 12.7. The monoisotopic (exact) mass is 287 g/mol. The minimum Gasteiger partial charge on any atom is -0.334 e. The molecule has 0 radical (unpaired) electrons. The molecule has 1 aromatic carbocycles. The number of allylic oxidation sites excluding steroid dienone is 1. The molecular weight excluding hydrogens is 265 g/mol. The summed E-state index contributed by atoms with van der Waals surface area (Å²) in [6.45, 7) is 12.3. The summed E-state index contributed by atoms with van der Waals surface area (Å²) < 4.78 is 13.0. The molecule has 0 N–H and O–H groups in total. The maximum absolute atomic E-state index is 13.0. The normalized spacial score (nSPS) is 17.7. The summed E-state index contributed by atoms with van der Waals surface area (Å²) in [4.78, 5) is 12.9. The Labute approximate surface area is 126 Å². The molecule has 3 heteroatoms. The lowest BCUT2D eigenvalue weighted by Crippen LogP contribution is -2.33. The minimum atomic E-state index is -0.287. The highest BCUT2D eigenvalue weighted by atomic mass is 19.1. The first kappa shape index (κ1) is 16.9. The number of carbonyl (C=O) groups excluding carboxylic acids is 1. The Kier molecular flexibility index (Phi) is 6.60. The van der Waals surface area contributed by atoms with Crippen molar-refractivity contribution in [3.05, 3.63) is 72.1 Å². The molecule has 0 aromatic heterocycles. The minimum absolute atomic E-state index is 0.211. The van der Waals surface area contributed by atoms with Crippen molar-refractivity contribution in [1.29, 1.82) is 0 Å². The maximum Gasteiger partial charge on any atom is 0.210 e. The molecule has 1 amide bonds. The van der Waals surface area contributed by atoms with Gasteiger partial charge in [0.2, 0.25) is 6.41 Å². The molecule has 112 valence electrons. The molecule has 1 heterocycles. The van der Waals surface area contributed by atoms with Crippen LogP contribution in [0.5, 0.6) is 0 Å². The second kappa shape index (κ2) is 8.20. The molecule has 2 rings (SSSR count). The maximum atomic E-state index is 13.0. The van der Waals surface area contributed by atoms with E-state index in [1.165, 1.54) is 12.1 Å². The van der Waals surface area contributed by atoms with Gasteiger partial charge in [-0.1, -0.05) is 51.3 Å². The molecule has 1 atom stereocenters. The highest BCUT2D eigenvalue weighted by molar-refractivity contribution is 5.55. The zero-order chi connectivity index (χ0) is 15.8. The van der Waals surface area contributed by atoms with Crippen molar-refractivity contribution in [2.45, 2.75) is 26.3 Å². The van der Waals surface area contributed by atoms with Crippen LogP contribution in [0.15, 0.2) is 60.7 Å². The van der Waals surface area contributed by atoms with E-state index < -0.39 is 0 Å². The Bertz CT molecular complexity index is 531. The standard InChI is InChI=1S/C16H16FNO.C2H6/c1-3-12-9-10-18(11-19)16(15(12)4-2)13-5-7-14(17)8-6-13;1-2/h3-8,11,16H,1-2,9-10H2;1-2H3/t16-;/m0./s1. The predicted octanol–water partition coefficient (Wildman–Crippen LogP) is 4.42. The van der Waals surface area contributed by atoms with Crippen LogP contribution in [0.4, 0.5) is 4.39 Å². The lowest BCUT2D eigenvalue weighted by Gasteiger charge is -2.35. The van der Waals surface area contributed by atoms with E-state index in [-0.39, 0.29) is 11.9 Å². The van der Waals surface area contributed by atoms with E-state index in [4.69, 9.17) is 0 Å². The summed E-state index contributed by atoms with van der Waals surface area (Å²) in [5, 5.41) is 0. The molecule has 21 heavy (non-hydrogen) atoms. The SMILES string of the molecule is C=CC1=C(C=C)[C@H](c2ccc(F)cc2)N(C=O)CC1.CC. The molecule has 0 unspecified atom stereocenters. The van der Waals surface area contributed by atoms with Gasteiger partial charge in [0.05, 0.1) is 6.04 Å². The van der Waals surface area contributed by atoms with Crippen molar-refractivity contribution >= 4 is 6.41 Å². The molecular formula is C18H22FNO. The molecule has 0 saturated carbocycles. The predicted molar refractivity (Wildman–Crippen MR) is 85.3 cm³/mol. The Hall–Kier alpha value is -2.16. The van der Waals surface area contributed by atoms with Crippen molar-refractivity contribution < 1.29 is 9.18 Å². The Morgan fingerprint density at radius 1 is 1.19 bits per heavy atom. The summed E-state index contributed by atoms with van der Waals surface area (Å²) in [6, 6.07) is 6.00. The number of halogens is 1. The average Bonchev–Trinajstić information content (AvgIpc) is 2.56. The van der Waals surface area contributed by atoms with Crippen molar-refractivity contribution in [2.24, 2.45) is 0 Å². The Morgan fingerprint density at radius 2 is 1.81 bits per heavy atom. The molecule has 1 aromatic rings. The number of hydrogen-bond acceptors (Lipinski definition) is 1. The third-order valence-electron chi connectivity index (χ3n) is 3.42. The second-order valence-electron chi connectivity index (χ2n) is 4.44. The van der Waals surface area contributed by atoms with Gasteiger partial charge in [0.25, 0.3) is 0 Å². The number of hydrogen-bond donors (Lipinski definition) is 0.